The minimum Gasteiger partial charge on any atom is -0.465 e. The molecule has 0 saturated carbocycles. The fraction of sp³-hybridized carbons (Fsp3) is 0.176. The average molecular weight is 298 g/mol. The first-order valence-corrected chi connectivity index (χ1v) is 6.88. The quantitative estimate of drug-likeness (QED) is 0.833. The number of para-hydroxylation sites is 1. The van der Waals surface area contributed by atoms with Gasteiger partial charge in [0.15, 0.2) is 0 Å². The van der Waals surface area contributed by atoms with Crippen LogP contribution >= 0.6 is 0 Å². The summed E-state index contributed by atoms with van der Waals surface area (Å²) in [6.45, 7) is 2.15. The van der Waals surface area contributed by atoms with E-state index in [0.29, 0.717) is 11.3 Å². The molecule has 5 nitrogen and oxygen atoms in total. The van der Waals surface area contributed by atoms with Crippen molar-refractivity contribution in [3.8, 4) is 0 Å². The zero-order valence-electron chi connectivity index (χ0n) is 12.6. The van der Waals surface area contributed by atoms with Crippen LogP contribution in [-0.2, 0) is 9.53 Å². The molecule has 0 aliphatic rings. The number of benzene rings is 2. The Labute approximate surface area is 129 Å². The summed E-state index contributed by atoms with van der Waals surface area (Å²) in [7, 11) is 1.33. The molecule has 0 atom stereocenters. The van der Waals surface area contributed by atoms with Crippen molar-refractivity contribution in [3.05, 3.63) is 59.7 Å². The van der Waals surface area contributed by atoms with Gasteiger partial charge in [-0.3, -0.25) is 4.79 Å². The molecule has 0 saturated heterocycles. The van der Waals surface area contributed by atoms with E-state index in [1.54, 1.807) is 24.3 Å². The van der Waals surface area contributed by atoms with Crippen molar-refractivity contribution in [1.29, 1.82) is 0 Å². The largest absolute Gasteiger partial charge is 0.465 e. The molecule has 0 unspecified atom stereocenters. The Morgan fingerprint density at radius 2 is 1.73 bits per heavy atom. The van der Waals surface area contributed by atoms with Gasteiger partial charge in [-0.1, -0.05) is 18.2 Å². The molecule has 0 fully saturated rings. The molecule has 2 N–H and O–H groups in total. The number of anilines is 2. The van der Waals surface area contributed by atoms with Crippen LogP contribution in [0.1, 0.15) is 15.9 Å². The highest BCUT2D eigenvalue weighted by Crippen LogP contribution is 2.13. The third-order valence-corrected chi connectivity index (χ3v) is 3.17. The van der Waals surface area contributed by atoms with Crippen LogP contribution in [0.4, 0.5) is 11.4 Å². The Balaban J connectivity index is 1.89. The minimum absolute atomic E-state index is 0.158. The van der Waals surface area contributed by atoms with Crippen LogP contribution in [0.2, 0.25) is 0 Å². The summed E-state index contributed by atoms with van der Waals surface area (Å²) < 4.78 is 4.62. The molecule has 114 valence electrons. The highest BCUT2D eigenvalue weighted by Gasteiger charge is 2.06. The van der Waals surface area contributed by atoms with Crippen LogP contribution in [0.5, 0.6) is 0 Å². The number of aryl methyl sites for hydroxylation is 1. The maximum atomic E-state index is 11.9. The molecule has 2 aromatic rings. The fourth-order valence-corrected chi connectivity index (χ4v) is 1.96. The summed E-state index contributed by atoms with van der Waals surface area (Å²) in [4.78, 5) is 23.2. The molecular formula is C17H18N2O3. The maximum absolute atomic E-state index is 11.9. The van der Waals surface area contributed by atoms with Crippen LogP contribution in [0.15, 0.2) is 48.5 Å². The molecule has 0 bridgehead atoms. The summed E-state index contributed by atoms with van der Waals surface area (Å²) in [5.74, 6) is -0.562. The highest BCUT2D eigenvalue weighted by molar-refractivity contribution is 5.95. The van der Waals surface area contributed by atoms with Gasteiger partial charge in [-0.05, 0) is 42.8 Å². The van der Waals surface area contributed by atoms with Gasteiger partial charge >= 0.3 is 5.97 Å². The predicted molar refractivity (Wildman–Crippen MR) is 86.1 cm³/mol. The standard InChI is InChI=1S/C17H18N2O3/c1-12-5-3-4-6-15(12)18-11-16(20)19-14-9-7-13(8-10-14)17(21)22-2/h3-10,18H,11H2,1-2H3,(H,19,20). The molecule has 0 aliphatic carbocycles. The Bertz CT molecular complexity index is 666. The lowest BCUT2D eigenvalue weighted by Crippen LogP contribution is -2.22. The first kappa shape index (κ1) is 15.6. The number of carbonyl (C=O) groups excluding carboxylic acids is 2. The van der Waals surface area contributed by atoms with Crippen LogP contribution in [-0.4, -0.2) is 25.5 Å². The molecule has 1 amide bonds. The maximum Gasteiger partial charge on any atom is 0.337 e. The number of hydrogen-bond donors (Lipinski definition) is 2. The fourth-order valence-electron chi connectivity index (χ4n) is 1.96. The van der Waals surface area contributed by atoms with E-state index in [0.717, 1.165) is 11.3 Å². The van der Waals surface area contributed by atoms with Gasteiger partial charge in [-0.15, -0.1) is 0 Å². The number of methoxy groups -OCH3 is 1. The van der Waals surface area contributed by atoms with Crippen molar-refractivity contribution in [1.82, 2.24) is 0 Å². The van der Waals surface area contributed by atoms with E-state index in [1.165, 1.54) is 7.11 Å². The van der Waals surface area contributed by atoms with Gasteiger partial charge in [0.2, 0.25) is 5.91 Å². The number of nitrogens with one attached hydrogen (secondary N) is 2. The number of carbonyl (C=O) groups is 2. The zero-order chi connectivity index (χ0) is 15.9. The molecule has 5 heteroatoms. The molecule has 2 rings (SSSR count). The van der Waals surface area contributed by atoms with E-state index in [-0.39, 0.29) is 12.5 Å². The van der Waals surface area contributed by atoms with Crippen LogP contribution in [0, 0.1) is 6.92 Å². The van der Waals surface area contributed by atoms with Crippen LogP contribution < -0.4 is 10.6 Å². The number of rotatable bonds is 5. The van der Waals surface area contributed by atoms with Crippen molar-refractivity contribution in [2.24, 2.45) is 0 Å². The first-order chi connectivity index (χ1) is 10.6. The lowest BCUT2D eigenvalue weighted by molar-refractivity contribution is -0.114. The third kappa shape index (κ3) is 4.09. The Morgan fingerprint density at radius 1 is 1.05 bits per heavy atom. The van der Waals surface area contributed by atoms with Crippen molar-refractivity contribution in [3.63, 3.8) is 0 Å². The van der Waals surface area contributed by atoms with Gasteiger partial charge in [0.25, 0.3) is 0 Å². The van der Waals surface area contributed by atoms with E-state index in [9.17, 15) is 9.59 Å². The molecular weight excluding hydrogens is 280 g/mol. The van der Waals surface area contributed by atoms with Gasteiger partial charge in [-0.2, -0.15) is 0 Å². The smallest absolute Gasteiger partial charge is 0.337 e. The highest BCUT2D eigenvalue weighted by atomic mass is 16.5. The summed E-state index contributed by atoms with van der Waals surface area (Å²) >= 11 is 0. The molecule has 0 spiro atoms. The SMILES string of the molecule is COC(=O)c1ccc(NC(=O)CNc2ccccc2C)cc1. The van der Waals surface area contributed by atoms with E-state index in [4.69, 9.17) is 0 Å². The van der Waals surface area contributed by atoms with Crippen molar-refractivity contribution in [2.45, 2.75) is 6.92 Å². The summed E-state index contributed by atoms with van der Waals surface area (Å²) in [5.41, 5.74) is 3.08. The minimum atomic E-state index is -0.404. The molecule has 22 heavy (non-hydrogen) atoms. The summed E-state index contributed by atoms with van der Waals surface area (Å²) in [5, 5.41) is 5.85. The van der Waals surface area contributed by atoms with Crippen molar-refractivity contribution < 1.29 is 14.3 Å². The molecule has 0 radical (unpaired) electrons. The van der Waals surface area contributed by atoms with Crippen molar-refractivity contribution >= 4 is 23.3 Å². The van der Waals surface area contributed by atoms with E-state index in [1.807, 2.05) is 31.2 Å². The number of amides is 1. The topological polar surface area (TPSA) is 67.4 Å². The Hall–Kier alpha value is -2.82. The van der Waals surface area contributed by atoms with Crippen LogP contribution in [0.3, 0.4) is 0 Å². The van der Waals surface area contributed by atoms with Gasteiger partial charge in [-0.25, -0.2) is 4.79 Å². The lowest BCUT2D eigenvalue weighted by atomic mass is 10.2. The second-order valence-electron chi connectivity index (χ2n) is 4.79. The average Bonchev–Trinajstić information content (AvgIpc) is 2.54. The lowest BCUT2D eigenvalue weighted by Gasteiger charge is -2.10. The van der Waals surface area contributed by atoms with Gasteiger partial charge < -0.3 is 15.4 Å². The molecule has 0 aliphatic heterocycles. The number of ether oxygens (including phenoxy) is 1. The number of esters is 1. The summed E-state index contributed by atoms with van der Waals surface area (Å²) in [6.07, 6.45) is 0. The summed E-state index contributed by atoms with van der Waals surface area (Å²) in [6, 6.07) is 14.3. The second-order valence-corrected chi connectivity index (χ2v) is 4.79. The van der Waals surface area contributed by atoms with Gasteiger partial charge in [0.05, 0.1) is 19.2 Å². The van der Waals surface area contributed by atoms with Gasteiger partial charge in [0, 0.05) is 11.4 Å². The Kier molecular flexibility index (Phi) is 5.14. The van der Waals surface area contributed by atoms with E-state index >= 15 is 0 Å². The third-order valence-electron chi connectivity index (χ3n) is 3.17. The van der Waals surface area contributed by atoms with Crippen LogP contribution in [0.25, 0.3) is 0 Å². The molecule has 2 aromatic carbocycles. The predicted octanol–water partition coefficient (Wildman–Crippen LogP) is 2.83. The normalized spacial score (nSPS) is 9.91. The Morgan fingerprint density at radius 3 is 2.36 bits per heavy atom. The second kappa shape index (κ2) is 7.26. The monoisotopic (exact) mass is 298 g/mol. The molecule has 0 heterocycles. The zero-order valence-corrected chi connectivity index (χ0v) is 12.6. The van der Waals surface area contributed by atoms with Crippen molar-refractivity contribution in [2.75, 3.05) is 24.3 Å². The number of hydrogen-bond acceptors (Lipinski definition) is 4. The molecule has 0 aromatic heterocycles. The first-order valence-electron chi connectivity index (χ1n) is 6.88. The van der Waals surface area contributed by atoms with E-state index < -0.39 is 5.97 Å². The van der Waals surface area contributed by atoms with Gasteiger partial charge in [0.1, 0.15) is 0 Å². The van der Waals surface area contributed by atoms with E-state index in [2.05, 4.69) is 15.4 Å².